The van der Waals surface area contributed by atoms with Crippen LogP contribution in [-0.4, -0.2) is 33.2 Å². The van der Waals surface area contributed by atoms with Gasteiger partial charge in [0.1, 0.15) is 23.5 Å². The molecule has 1 heterocycles. The minimum atomic E-state index is -4.51. The summed E-state index contributed by atoms with van der Waals surface area (Å²) in [4.78, 5) is 24.7. The third-order valence-electron chi connectivity index (χ3n) is 5.59. The highest BCUT2D eigenvalue weighted by atomic mass is 19.4. The van der Waals surface area contributed by atoms with Crippen molar-refractivity contribution in [2.75, 3.05) is 5.32 Å². The number of aromatic nitrogens is 2. The Morgan fingerprint density at radius 3 is 2.19 bits per heavy atom. The molecular weight excluding hydrogens is 487 g/mol. The third-order valence-corrected chi connectivity index (χ3v) is 5.59. The average Bonchev–Trinajstić information content (AvgIpc) is 3.26. The van der Waals surface area contributed by atoms with Crippen LogP contribution in [0.4, 0.5) is 27.8 Å². The summed E-state index contributed by atoms with van der Waals surface area (Å²) < 4.78 is 66.0. The maximum atomic E-state index is 13.3. The summed E-state index contributed by atoms with van der Waals surface area (Å²) in [7, 11) is 0. The number of aliphatic hydroxyl groups is 1. The fourth-order valence-electron chi connectivity index (χ4n) is 3.42. The van der Waals surface area contributed by atoms with Gasteiger partial charge in [-0.3, -0.25) is 14.7 Å². The van der Waals surface area contributed by atoms with E-state index in [-0.39, 0.29) is 11.4 Å². The van der Waals surface area contributed by atoms with Crippen molar-refractivity contribution in [2.45, 2.75) is 44.5 Å². The maximum Gasteiger partial charge on any atom is 0.416 e. The molecule has 0 aliphatic rings. The summed E-state index contributed by atoms with van der Waals surface area (Å²) in [5.41, 5.74) is -1.38. The molecule has 3 rings (SSSR count). The van der Waals surface area contributed by atoms with Gasteiger partial charge in [-0.1, -0.05) is 32.0 Å². The number of nitrogens with zero attached hydrogens (tertiary/aromatic N) is 1. The Bertz CT molecular complexity index is 1250. The number of rotatable bonds is 7. The smallest absolute Gasteiger partial charge is 0.378 e. The van der Waals surface area contributed by atoms with Gasteiger partial charge in [0.15, 0.2) is 6.10 Å². The fourth-order valence-corrected chi connectivity index (χ4v) is 3.42. The molecule has 0 aliphatic carbocycles. The van der Waals surface area contributed by atoms with Crippen LogP contribution in [0.3, 0.4) is 0 Å². The number of halogens is 5. The quantitative estimate of drug-likeness (QED) is 0.357. The molecule has 36 heavy (non-hydrogen) atoms. The Morgan fingerprint density at radius 2 is 1.58 bits per heavy atom. The Labute approximate surface area is 202 Å². The van der Waals surface area contributed by atoms with Crippen LogP contribution in [0.2, 0.25) is 0 Å². The van der Waals surface area contributed by atoms with Gasteiger partial charge in [0.05, 0.1) is 11.3 Å². The number of aliphatic hydroxyl groups excluding tert-OH is 1. The highest BCUT2D eigenvalue weighted by Gasteiger charge is 2.33. The van der Waals surface area contributed by atoms with Crippen LogP contribution < -0.4 is 10.6 Å². The Hall–Kier alpha value is -3.80. The predicted molar refractivity (Wildman–Crippen MR) is 120 cm³/mol. The van der Waals surface area contributed by atoms with Gasteiger partial charge in [0.2, 0.25) is 5.91 Å². The number of alkyl halides is 3. The van der Waals surface area contributed by atoms with Crippen LogP contribution in [0.5, 0.6) is 0 Å². The summed E-state index contributed by atoms with van der Waals surface area (Å²) in [6, 6.07) is 7.25. The van der Waals surface area contributed by atoms with Gasteiger partial charge >= 0.3 is 6.18 Å². The van der Waals surface area contributed by atoms with Crippen molar-refractivity contribution in [3.8, 4) is 0 Å². The lowest BCUT2D eigenvalue weighted by atomic mass is 9.81. The number of carbonyl (C=O) groups is 2. The van der Waals surface area contributed by atoms with Crippen LogP contribution in [0.1, 0.15) is 49.3 Å². The molecule has 1 aromatic heterocycles. The summed E-state index contributed by atoms with van der Waals surface area (Å²) in [5.74, 6) is -3.62. The van der Waals surface area contributed by atoms with Gasteiger partial charge in [-0.25, -0.2) is 8.78 Å². The first-order chi connectivity index (χ1) is 16.7. The molecule has 0 unspecified atom stereocenters. The molecule has 3 aromatic rings. The monoisotopic (exact) mass is 510 g/mol. The largest absolute Gasteiger partial charge is 0.416 e. The van der Waals surface area contributed by atoms with Crippen LogP contribution in [0.15, 0.2) is 48.5 Å². The molecule has 192 valence electrons. The SMILES string of the molecule is C[C@H](NC(=O)[C@@H](O)c1cc(F)cc(F)c1)C(=O)Nc1cc(C(C)(C)c2cccc(C(F)(F)F)c2)n[nH]1. The zero-order chi connectivity index (χ0) is 26.8. The number of nitrogens with one attached hydrogen (secondary N) is 3. The van der Waals surface area contributed by atoms with Crippen molar-refractivity contribution in [3.63, 3.8) is 0 Å². The van der Waals surface area contributed by atoms with Gasteiger partial charge in [0, 0.05) is 17.5 Å². The lowest BCUT2D eigenvalue weighted by Crippen LogP contribution is -2.43. The van der Waals surface area contributed by atoms with E-state index in [1.165, 1.54) is 25.1 Å². The van der Waals surface area contributed by atoms with Crippen LogP contribution in [0, 0.1) is 11.6 Å². The van der Waals surface area contributed by atoms with E-state index in [2.05, 4.69) is 20.8 Å². The second-order valence-electron chi connectivity index (χ2n) is 8.70. The summed E-state index contributed by atoms with van der Waals surface area (Å²) >= 11 is 0. The van der Waals surface area contributed by atoms with Crippen molar-refractivity contribution in [1.29, 1.82) is 0 Å². The second-order valence-corrected chi connectivity index (χ2v) is 8.70. The summed E-state index contributed by atoms with van der Waals surface area (Å²) in [6.45, 7) is 4.66. The standard InChI is InChI=1S/C24H23F5N4O3/c1-12(30-22(36)20(34)13-7-16(25)10-17(26)8-13)21(35)31-19-11-18(32-33-19)23(2,3)14-5-4-6-15(9-14)24(27,28)29/h4-12,20,34H,1-3H3,(H,30,36)(H2,31,32,33,35)/t12-,20-/m0/s1. The number of hydrogen-bond donors (Lipinski definition) is 4. The molecule has 2 amide bonds. The Morgan fingerprint density at radius 1 is 0.972 bits per heavy atom. The lowest BCUT2D eigenvalue weighted by Gasteiger charge is -2.24. The minimum Gasteiger partial charge on any atom is -0.378 e. The molecule has 7 nitrogen and oxygen atoms in total. The topological polar surface area (TPSA) is 107 Å². The molecule has 0 saturated carbocycles. The predicted octanol–water partition coefficient (Wildman–Crippen LogP) is 4.21. The molecule has 2 aromatic carbocycles. The maximum absolute atomic E-state index is 13.3. The highest BCUT2D eigenvalue weighted by molar-refractivity contribution is 5.97. The van der Waals surface area contributed by atoms with Crippen molar-refractivity contribution in [2.24, 2.45) is 0 Å². The number of anilines is 1. The third kappa shape index (κ3) is 6.06. The van der Waals surface area contributed by atoms with E-state index in [1.807, 2.05) is 0 Å². The van der Waals surface area contributed by atoms with Crippen LogP contribution >= 0.6 is 0 Å². The summed E-state index contributed by atoms with van der Waals surface area (Å²) in [6.07, 6.45) is -6.43. The van der Waals surface area contributed by atoms with E-state index in [1.54, 1.807) is 13.8 Å². The second kappa shape index (κ2) is 10.1. The molecule has 0 fully saturated rings. The van der Waals surface area contributed by atoms with Crippen LogP contribution in [-0.2, 0) is 21.2 Å². The van der Waals surface area contributed by atoms with E-state index < -0.39 is 52.7 Å². The van der Waals surface area contributed by atoms with E-state index >= 15 is 0 Å². The summed E-state index contributed by atoms with van der Waals surface area (Å²) in [5, 5.41) is 21.4. The molecule has 2 atom stereocenters. The molecule has 12 heteroatoms. The van der Waals surface area contributed by atoms with E-state index in [0.29, 0.717) is 17.3 Å². The van der Waals surface area contributed by atoms with Gasteiger partial charge in [-0.2, -0.15) is 18.3 Å². The van der Waals surface area contributed by atoms with E-state index in [4.69, 9.17) is 0 Å². The number of H-pyrrole nitrogens is 1. The first kappa shape index (κ1) is 26.8. The van der Waals surface area contributed by atoms with E-state index in [0.717, 1.165) is 24.3 Å². The Kier molecular flexibility index (Phi) is 7.48. The highest BCUT2D eigenvalue weighted by Crippen LogP contribution is 2.36. The van der Waals surface area contributed by atoms with Crippen molar-refractivity contribution in [3.05, 3.63) is 82.5 Å². The first-order valence-electron chi connectivity index (χ1n) is 10.7. The zero-order valence-electron chi connectivity index (χ0n) is 19.4. The zero-order valence-corrected chi connectivity index (χ0v) is 19.4. The number of benzene rings is 2. The van der Waals surface area contributed by atoms with Crippen molar-refractivity contribution < 1.29 is 36.6 Å². The van der Waals surface area contributed by atoms with Gasteiger partial charge in [0.25, 0.3) is 5.91 Å². The van der Waals surface area contributed by atoms with E-state index in [9.17, 15) is 36.6 Å². The van der Waals surface area contributed by atoms with Crippen molar-refractivity contribution >= 4 is 17.6 Å². The molecule has 0 radical (unpaired) electrons. The molecule has 0 saturated heterocycles. The molecule has 0 aliphatic heterocycles. The first-order valence-corrected chi connectivity index (χ1v) is 10.7. The van der Waals surface area contributed by atoms with Gasteiger partial charge in [-0.05, 0) is 36.2 Å². The van der Waals surface area contributed by atoms with Crippen LogP contribution in [0.25, 0.3) is 0 Å². The molecule has 0 spiro atoms. The lowest BCUT2D eigenvalue weighted by molar-refractivity contribution is -0.137. The number of carbonyl (C=O) groups excluding carboxylic acids is 2. The molecular formula is C24H23F5N4O3. The number of hydrogen-bond acceptors (Lipinski definition) is 4. The fraction of sp³-hybridized carbons (Fsp3) is 0.292. The molecule has 4 N–H and O–H groups in total. The number of aromatic amines is 1. The minimum absolute atomic E-state index is 0.115. The Balaban J connectivity index is 1.67. The van der Waals surface area contributed by atoms with Gasteiger partial charge in [-0.15, -0.1) is 0 Å². The molecule has 0 bridgehead atoms. The van der Waals surface area contributed by atoms with Gasteiger partial charge < -0.3 is 15.7 Å². The van der Waals surface area contributed by atoms with Crippen molar-refractivity contribution in [1.82, 2.24) is 15.5 Å². The average molecular weight is 510 g/mol. The number of amides is 2. The normalized spacial score (nSPS) is 13.7.